The lowest BCUT2D eigenvalue weighted by Crippen LogP contribution is -2.48. The molecule has 2 heterocycles. The van der Waals surface area contributed by atoms with E-state index in [0.29, 0.717) is 24.4 Å². The highest BCUT2D eigenvalue weighted by Gasteiger charge is 2.43. The first-order chi connectivity index (χ1) is 11.7. The van der Waals surface area contributed by atoms with Crippen molar-refractivity contribution in [2.24, 2.45) is 11.3 Å². The number of amides is 2. The van der Waals surface area contributed by atoms with Crippen LogP contribution in [0.3, 0.4) is 0 Å². The Balaban J connectivity index is 1.40. The first-order valence-corrected chi connectivity index (χ1v) is 9.90. The summed E-state index contributed by atoms with van der Waals surface area (Å²) in [6.07, 6.45) is 15.6. The summed E-state index contributed by atoms with van der Waals surface area (Å²) in [6.45, 7) is 2.47. The van der Waals surface area contributed by atoms with Crippen LogP contribution in [0.25, 0.3) is 0 Å². The second-order valence-electron chi connectivity index (χ2n) is 8.46. The van der Waals surface area contributed by atoms with E-state index < -0.39 is 0 Å². The van der Waals surface area contributed by atoms with Crippen molar-refractivity contribution in [3.05, 3.63) is 12.2 Å². The lowest BCUT2D eigenvalue weighted by atomic mass is 9.71. The van der Waals surface area contributed by atoms with E-state index in [1.165, 1.54) is 25.7 Å². The minimum Gasteiger partial charge on any atom is -0.342 e. The van der Waals surface area contributed by atoms with Gasteiger partial charge in [0.1, 0.15) is 0 Å². The number of allylic oxidation sites excluding steroid dienone is 2. The summed E-state index contributed by atoms with van der Waals surface area (Å²) in [5.41, 5.74) is 0.316. The first-order valence-electron chi connectivity index (χ1n) is 9.90. The smallest absolute Gasteiger partial charge is 0.228 e. The Morgan fingerprint density at radius 3 is 2.71 bits per heavy atom. The summed E-state index contributed by atoms with van der Waals surface area (Å²) in [5, 5.41) is 0. The molecule has 0 radical (unpaired) electrons. The number of piperidine rings is 1. The summed E-state index contributed by atoms with van der Waals surface area (Å²) >= 11 is 0. The Labute approximate surface area is 145 Å². The van der Waals surface area contributed by atoms with Crippen LogP contribution in [0.4, 0.5) is 0 Å². The van der Waals surface area contributed by atoms with Crippen LogP contribution in [0.2, 0.25) is 0 Å². The van der Waals surface area contributed by atoms with E-state index in [4.69, 9.17) is 0 Å². The number of rotatable bonds is 2. The number of likely N-dealkylation sites (tertiary alicyclic amines) is 2. The normalized spacial score (nSPS) is 34.5. The highest BCUT2D eigenvalue weighted by Crippen LogP contribution is 2.41. The molecule has 2 saturated heterocycles. The molecule has 0 unspecified atom stereocenters. The minimum atomic E-state index is -0.0904. The van der Waals surface area contributed by atoms with Gasteiger partial charge in [-0.05, 0) is 50.4 Å². The van der Waals surface area contributed by atoms with E-state index in [9.17, 15) is 9.59 Å². The lowest BCUT2D eigenvalue weighted by molar-refractivity contribution is -0.139. The topological polar surface area (TPSA) is 40.6 Å². The van der Waals surface area contributed by atoms with Gasteiger partial charge in [0, 0.05) is 32.1 Å². The third-order valence-corrected chi connectivity index (χ3v) is 6.81. The molecule has 3 fully saturated rings. The van der Waals surface area contributed by atoms with Gasteiger partial charge in [-0.2, -0.15) is 0 Å². The van der Waals surface area contributed by atoms with Gasteiger partial charge in [-0.1, -0.05) is 25.0 Å². The molecule has 2 atom stereocenters. The number of carbonyl (C=O) groups is 2. The maximum Gasteiger partial charge on any atom is 0.228 e. The van der Waals surface area contributed by atoms with Gasteiger partial charge in [-0.15, -0.1) is 0 Å². The van der Waals surface area contributed by atoms with Crippen LogP contribution in [0, 0.1) is 11.3 Å². The van der Waals surface area contributed by atoms with E-state index in [0.717, 1.165) is 45.2 Å². The van der Waals surface area contributed by atoms with Crippen molar-refractivity contribution >= 4 is 11.8 Å². The van der Waals surface area contributed by atoms with E-state index in [1.54, 1.807) is 0 Å². The van der Waals surface area contributed by atoms with Gasteiger partial charge >= 0.3 is 0 Å². The van der Waals surface area contributed by atoms with Crippen molar-refractivity contribution in [1.29, 1.82) is 0 Å². The molecule has 2 amide bonds. The van der Waals surface area contributed by atoms with Crippen LogP contribution in [-0.2, 0) is 9.59 Å². The lowest BCUT2D eigenvalue weighted by Gasteiger charge is -2.44. The van der Waals surface area contributed by atoms with Gasteiger partial charge in [-0.3, -0.25) is 9.59 Å². The minimum absolute atomic E-state index is 0.0904. The molecule has 0 aromatic carbocycles. The SMILES string of the molecule is O=C([C@@H]1CC(=O)N(C2CCCC2)C1)N1CCC[C@@]2(CC=CCC2)C1. The molecule has 0 bridgehead atoms. The van der Waals surface area contributed by atoms with Gasteiger partial charge in [0.05, 0.1) is 5.92 Å². The summed E-state index contributed by atoms with van der Waals surface area (Å²) < 4.78 is 0. The predicted molar refractivity (Wildman–Crippen MR) is 93.3 cm³/mol. The van der Waals surface area contributed by atoms with Gasteiger partial charge < -0.3 is 9.80 Å². The molecule has 4 aliphatic rings. The van der Waals surface area contributed by atoms with Crippen LogP contribution in [0.1, 0.15) is 64.2 Å². The van der Waals surface area contributed by atoms with Crippen LogP contribution in [0.5, 0.6) is 0 Å². The van der Waals surface area contributed by atoms with Crippen molar-refractivity contribution in [3.8, 4) is 0 Å². The summed E-state index contributed by atoms with van der Waals surface area (Å²) in [6, 6.07) is 0.409. The average molecular weight is 330 g/mol. The molecule has 1 saturated carbocycles. The van der Waals surface area contributed by atoms with E-state index in [2.05, 4.69) is 17.1 Å². The molecule has 4 heteroatoms. The number of hydrogen-bond donors (Lipinski definition) is 0. The van der Waals surface area contributed by atoms with Crippen LogP contribution < -0.4 is 0 Å². The molecular formula is C20H30N2O2. The van der Waals surface area contributed by atoms with Gasteiger partial charge in [0.2, 0.25) is 11.8 Å². The third-order valence-electron chi connectivity index (χ3n) is 6.81. The average Bonchev–Trinajstić information content (AvgIpc) is 3.24. The zero-order valence-corrected chi connectivity index (χ0v) is 14.7. The van der Waals surface area contributed by atoms with E-state index in [-0.39, 0.29) is 17.7 Å². The fourth-order valence-corrected chi connectivity index (χ4v) is 5.43. The maximum atomic E-state index is 13.1. The van der Waals surface area contributed by atoms with Crippen LogP contribution in [0.15, 0.2) is 12.2 Å². The summed E-state index contributed by atoms with van der Waals surface area (Å²) in [7, 11) is 0. The molecule has 2 aliphatic heterocycles. The zero-order chi connectivity index (χ0) is 16.6. The van der Waals surface area contributed by atoms with Crippen LogP contribution >= 0.6 is 0 Å². The Hall–Kier alpha value is -1.32. The fraction of sp³-hybridized carbons (Fsp3) is 0.800. The fourth-order valence-electron chi connectivity index (χ4n) is 5.43. The third kappa shape index (κ3) is 3.00. The molecule has 132 valence electrons. The Morgan fingerprint density at radius 2 is 1.96 bits per heavy atom. The van der Waals surface area contributed by atoms with Gasteiger partial charge in [-0.25, -0.2) is 0 Å². The molecule has 24 heavy (non-hydrogen) atoms. The van der Waals surface area contributed by atoms with Crippen molar-refractivity contribution in [2.45, 2.75) is 70.3 Å². The number of hydrogen-bond acceptors (Lipinski definition) is 2. The largest absolute Gasteiger partial charge is 0.342 e. The van der Waals surface area contributed by atoms with Crippen molar-refractivity contribution in [1.82, 2.24) is 9.80 Å². The quantitative estimate of drug-likeness (QED) is 0.730. The second-order valence-corrected chi connectivity index (χ2v) is 8.46. The van der Waals surface area contributed by atoms with E-state index in [1.807, 2.05) is 4.90 Å². The van der Waals surface area contributed by atoms with Crippen molar-refractivity contribution < 1.29 is 9.59 Å². The standard InChI is InChI=1S/C20H30N2O2/c23-18-13-16(14-22(18)17-7-2-3-8-17)19(24)21-12-6-11-20(15-21)9-4-1-5-10-20/h1,4,16-17H,2-3,5-15H2/t16-,20+/m1/s1. The molecule has 0 aromatic heterocycles. The van der Waals surface area contributed by atoms with Crippen molar-refractivity contribution in [2.75, 3.05) is 19.6 Å². The highest BCUT2D eigenvalue weighted by molar-refractivity contribution is 5.89. The Bertz CT molecular complexity index is 538. The Kier molecular flexibility index (Phi) is 4.40. The predicted octanol–water partition coefficient (Wildman–Crippen LogP) is 3.13. The van der Waals surface area contributed by atoms with Gasteiger partial charge in [0.15, 0.2) is 0 Å². The maximum absolute atomic E-state index is 13.1. The number of nitrogens with zero attached hydrogens (tertiary/aromatic N) is 2. The molecule has 0 N–H and O–H groups in total. The van der Waals surface area contributed by atoms with Crippen molar-refractivity contribution in [3.63, 3.8) is 0 Å². The first kappa shape index (κ1) is 16.2. The molecule has 4 rings (SSSR count). The molecular weight excluding hydrogens is 300 g/mol. The molecule has 2 aliphatic carbocycles. The van der Waals surface area contributed by atoms with Crippen LogP contribution in [-0.4, -0.2) is 47.3 Å². The Morgan fingerprint density at radius 1 is 1.12 bits per heavy atom. The van der Waals surface area contributed by atoms with E-state index >= 15 is 0 Å². The molecule has 4 nitrogen and oxygen atoms in total. The summed E-state index contributed by atoms with van der Waals surface area (Å²) in [4.78, 5) is 29.6. The van der Waals surface area contributed by atoms with Gasteiger partial charge in [0.25, 0.3) is 0 Å². The molecule has 0 aromatic rings. The highest BCUT2D eigenvalue weighted by atomic mass is 16.2. The molecule has 1 spiro atoms. The summed E-state index contributed by atoms with van der Waals surface area (Å²) in [5.74, 6) is 0.373. The monoisotopic (exact) mass is 330 g/mol. The second kappa shape index (κ2) is 6.53. The number of carbonyl (C=O) groups excluding carboxylic acids is 2. The zero-order valence-electron chi connectivity index (χ0n) is 14.7.